The minimum absolute atomic E-state index is 0.189. The standard InChI is InChI=1S/C18H20N4O2/c1-3-9-20-18(24)15-7-8-16(21-11-15)22(2)12-13-5-4-6-14(10-13)17(19)23/h3-8,10-11H,1,9,12H2,2H3,(H2,19,23)(H,20,24). The first kappa shape index (κ1) is 17.2. The molecule has 1 aromatic heterocycles. The lowest BCUT2D eigenvalue weighted by Crippen LogP contribution is -2.24. The fourth-order valence-electron chi connectivity index (χ4n) is 2.19. The molecular formula is C18H20N4O2. The molecule has 124 valence electrons. The van der Waals surface area contributed by atoms with E-state index >= 15 is 0 Å². The van der Waals surface area contributed by atoms with E-state index in [1.165, 1.54) is 6.20 Å². The molecule has 0 bridgehead atoms. The smallest absolute Gasteiger partial charge is 0.253 e. The number of nitrogens with one attached hydrogen (secondary N) is 1. The molecule has 1 aromatic carbocycles. The van der Waals surface area contributed by atoms with Gasteiger partial charge in [0, 0.05) is 31.9 Å². The second-order valence-electron chi connectivity index (χ2n) is 5.32. The normalized spacial score (nSPS) is 10.0. The SMILES string of the molecule is C=CCNC(=O)c1ccc(N(C)Cc2cccc(C(N)=O)c2)nc1. The van der Waals surface area contributed by atoms with E-state index < -0.39 is 5.91 Å². The van der Waals surface area contributed by atoms with Crippen molar-refractivity contribution in [3.8, 4) is 0 Å². The first-order valence-corrected chi connectivity index (χ1v) is 7.46. The summed E-state index contributed by atoms with van der Waals surface area (Å²) in [5.74, 6) is 0.0815. The van der Waals surface area contributed by atoms with Crippen LogP contribution in [0.15, 0.2) is 55.3 Å². The Morgan fingerprint density at radius 3 is 2.71 bits per heavy atom. The summed E-state index contributed by atoms with van der Waals surface area (Å²) < 4.78 is 0. The van der Waals surface area contributed by atoms with Crippen LogP contribution in [-0.4, -0.2) is 30.4 Å². The van der Waals surface area contributed by atoms with Gasteiger partial charge in [-0.05, 0) is 29.8 Å². The number of nitrogens with two attached hydrogens (primary N) is 1. The van der Waals surface area contributed by atoms with E-state index in [0.29, 0.717) is 24.2 Å². The van der Waals surface area contributed by atoms with E-state index in [1.807, 2.05) is 18.0 Å². The van der Waals surface area contributed by atoms with E-state index in [4.69, 9.17) is 5.73 Å². The largest absolute Gasteiger partial charge is 0.366 e. The Balaban J connectivity index is 2.06. The quantitative estimate of drug-likeness (QED) is 0.759. The number of nitrogens with zero attached hydrogens (tertiary/aromatic N) is 2. The number of amides is 2. The minimum Gasteiger partial charge on any atom is -0.366 e. The van der Waals surface area contributed by atoms with Gasteiger partial charge in [-0.1, -0.05) is 18.2 Å². The topological polar surface area (TPSA) is 88.3 Å². The average molecular weight is 324 g/mol. The number of anilines is 1. The number of rotatable bonds is 7. The van der Waals surface area contributed by atoms with Crippen LogP contribution in [-0.2, 0) is 6.54 Å². The van der Waals surface area contributed by atoms with Crippen molar-refractivity contribution in [3.63, 3.8) is 0 Å². The molecule has 3 N–H and O–H groups in total. The number of primary amides is 1. The first-order valence-electron chi connectivity index (χ1n) is 7.46. The molecule has 0 radical (unpaired) electrons. The van der Waals surface area contributed by atoms with Crippen LogP contribution in [0.1, 0.15) is 26.3 Å². The Morgan fingerprint density at radius 1 is 1.29 bits per heavy atom. The molecule has 6 nitrogen and oxygen atoms in total. The molecule has 0 saturated heterocycles. The summed E-state index contributed by atoms with van der Waals surface area (Å²) in [4.78, 5) is 29.3. The Kier molecular flexibility index (Phi) is 5.68. The number of hydrogen-bond acceptors (Lipinski definition) is 4. The van der Waals surface area contributed by atoms with Gasteiger partial charge in [0.15, 0.2) is 0 Å². The Morgan fingerprint density at radius 2 is 2.08 bits per heavy atom. The van der Waals surface area contributed by atoms with Crippen LogP contribution in [0.25, 0.3) is 0 Å². The predicted molar refractivity (Wildman–Crippen MR) is 93.8 cm³/mol. The van der Waals surface area contributed by atoms with Crippen molar-refractivity contribution in [1.82, 2.24) is 10.3 Å². The summed E-state index contributed by atoms with van der Waals surface area (Å²) in [7, 11) is 1.89. The predicted octanol–water partition coefficient (Wildman–Crippen LogP) is 1.73. The lowest BCUT2D eigenvalue weighted by Gasteiger charge is -2.18. The van der Waals surface area contributed by atoms with Gasteiger partial charge < -0.3 is 16.0 Å². The lowest BCUT2D eigenvalue weighted by molar-refractivity contribution is 0.0956. The Bertz CT molecular complexity index is 741. The van der Waals surface area contributed by atoms with Gasteiger partial charge in [-0.3, -0.25) is 9.59 Å². The van der Waals surface area contributed by atoms with E-state index in [1.54, 1.807) is 36.4 Å². The van der Waals surface area contributed by atoms with Gasteiger partial charge in [0.2, 0.25) is 5.91 Å². The summed E-state index contributed by atoms with van der Waals surface area (Å²) in [6.45, 7) is 4.53. The maximum Gasteiger partial charge on any atom is 0.253 e. The molecule has 0 aliphatic rings. The zero-order valence-electron chi connectivity index (χ0n) is 13.5. The number of hydrogen-bond donors (Lipinski definition) is 2. The van der Waals surface area contributed by atoms with Crippen LogP contribution in [0.2, 0.25) is 0 Å². The summed E-state index contributed by atoms with van der Waals surface area (Å²) in [6.07, 6.45) is 3.15. The highest BCUT2D eigenvalue weighted by Crippen LogP contribution is 2.14. The average Bonchev–Trinajstić information content (AvgIpc) is 2.60. The van der Waals surface area contributed by atoms with Gasteiger partial charge in [0.05, 0.1) is 5.56 Å². The van der Waals surface area contributed by atoms with Crippen LogP contribution in [0.3, 0.4) is 0 Å². The van der Waals surface area contributed by atoms with Crippen molar-refractivity contribution < 1.29 is 9.59 Å². The molecule has 2 amide bonds. The number of carbonyl (C=O) groups is 2. The van der Waals surface area contributed by atoms with E-state index in [9.17, 15) is 9.59 Å². The highest BCUT2D eigenvalue weighted by Gasteiger charge is 2.08. The third-order valence-electron chi connectivity index (χ3n) is 3.44. The van der Waals surface area contributed by atoms with Crippen molar-refractivity contribution in [3.05, 3.63) is 71.9 Å². The number of aromatic nitrogens is 1. The number of benzene rings is 1. The molecule has 2 rings (SSSR count). The van der Waals surface area contributed by atoms with Crippen molar-refractivity contribution in [2.24, 2.45) is 5.73 Å². The minimum atomic E-state index is -0.451. The van der Waals surface area contributed by atoms with Crippen LogP contribution in [0, 0.1) is 0 Å². The second kappa shape index (κ2) is 7.92. The third-order valence-corrected chi connectivity index (χ3v) is 3.44. The summed E-state index contributed by atoms with van der Waals surface area (Å²) in [5, 5.41) is 2.70. The Hall–Kier alpha value is -3.15. The van der Waals surface area contributed by atoms with Crippen LogP contribution >= 0.6 is 0 Å². The van der Waals surface area contributed by atoms with E-state index in [0.717, 1.165) is 11.4 Å². The number of pyridine rings is 1. The molecule has 6 heteroatoms. The maximum absolute atomic E-state index is 11.8. The number of carbonyl (C=O) groups excluding carboxylic acids is 2. The van der Waals surface area contributed by atoms with Crippen LogP contribution in [0.4, 0.5) is 5.82 Å². The zero-order chi connectivity index (χ0) is 17.5. The molecule has 0 aliphatic heterocycles. The molecule has 0 saturated carbocycles. The Labute approximate surface area is 141 Å². The highest BCUT2D eigenvalue weighted by atomic mass is 16.2. The molecule has 0 unspecified atom stereocenters. The zero-order valence-corrected chi connectivity index (χ0v) is 13.5. The fraction of sp³-hybridized carbons (Fsp3) is 0.167. The first-order chi connectivity index (χ1) is 11.5. The molecule has 0 aliphatic carbocycles. The molecule has 1 heterocycles. The van der Waals surface area contributed by atoms with Gasteiger partial charge in [0.25, 0.3) is 5.91 Å². The molecule has 2 aromatic rings. The molecule has 0 fully saturated rings. The molecular weight excluding hydrogens is 304 g/mol. The third kappa shape index (κ3) is 4.42. The van der Waals surface area contributed by atoms with Crippen LogP contribution < -0.4 is 16.0 Å². The maximum atomic E-state index is 11.8. The second-order valence-corrected chi connectivity index (χ2v) is 5.32. The molecule has 0 atom stereocenters. The van der Waals surface area contributed by atoms with E-state index in [-0.39, 0.29) is 5.91 Å². The monoisotopic (exact) mass is 324 g/mol. The summed E-state index contributed by atoms with van der Waals surface area (Å²) >= 11 is 0. The van der Waals surface area contributed by atoms with Crippen LogP contribution in [0.5, 0.6) is 0 Å². The van der Waals surface area contributed by atoms with Gasteiger partial charge >= 0.3 is 0 Å². The highest BCUT2D eigenvalue weighted by molar-refractivity contribution is 5.94. The molecule has 24 heavy (non-hydrogen) atoms. The van der Waals surface area contributed by atoms with Crippen molar-refractivity contribution in [2.75, 3.05) is 18.5 Å². The van der Waals surface area contributed by atoms with Gasteiger partial charge in [-0.25, -0.2) is 4.98 Å². The van der Waals surface area contributed by atoms with Gasteiger partial charge in [-0.15, -0.1) is 6.58 Å². The lowest BCUT2D eigenvalue weighted by atomic mass is 10.1. The van der Waals surface area contributed by atoms with Crippen molar-refractivity contribution >= 4 is 17.6 Å². The van der Waals surface area contributed by atoms with E-state index in [2.05, 4.69) is 16.9 Å². The van der Waals surface area contributed by atoms with Crippen molar-refractivity contribution in [2.45, 2.75) is 6.54 Å². The van der Waals surface area contributed by atoms with Gasteiger partial charge in [-0.2, -0.15) is 0 Å². The van der Waals surface area contributed by atoms with Gasteiger partial charge in [0.1, 0.15) is 5.82 Å². The summed E-state index contributed by atoms with van der Waals surface area (Å²) in [6, 6.07) is 10.7. The van der Waals surface area contributed by atoms with Crippen molar-refractivity contribution in [1.29, 1.82) is 0 Å². The summed E-state index contributed by atoms with van der Waals surface area (Å²) in [5.41, 5.74) is 7.21. The fourth-order valence-corrected chi connectivity index (χ4v) is 2.19. The molecule has 0 spiro atoms.